The summed E-state index contributed by atoms with van der Waals surface area (Å²) in [5.41, 5.74) is 0.00992. The van der Waals surface area contributed by atoms with E-state index >= 15 is 0 Å². The standard InChI is InChI=1S/C20H40N4O2.HI/c1-4-21-19(23-15-20(7-10-25)8-11-26-16-20)22-12-18-6-5-9-24(14-18)13-17(2)3;/h17-18,25H,4-16H2,1-3H3,(H2,21,22,23);1H. The van der Waals surface area contributed by atoms with Crippen LogP contribution in [0.15, 0.2) is 4.99 Å². The van der Waals surface area contributed by atoms with Crippen LogP contribution in [0.1, 0.15) is 46.5 Å². The zero-order chi connectivity index (χ0) is 18.8. The highest BCUT2D eigenvalue weighted by Gasteiger charge is 2.34. The smallest absolute Gasteiger partial charge is 0.191 e. The van der Waals surface area contributed by atoms with Crippen molar-refractivity contribution >= 4 is 29.9 Å². The molecule has 2 fully saturated rings. The van der Waals surface area contributed by atoms with Gasteiger partial charge in [-0.05, 0) is 51.0 Å². The van der Waals surface area contributed by atoms with Gasteiger partial charge >= 0.3 is 0 Å². The molecule has 6 nitrogen and oxygen atoms in total. The van der Waals surface area contributed by atoms with E-state index in [4.69, 9.17) is 9.73 Å². The van der Waals surface area contributed by atoms with Gasteiger partial charge in [-0.25, -0.2) is 0 Å². The van der Waals surface area contributed by atoms with Gasteiger partial charge in [0.15, 0.2) is 5.96 Å². The van der Waals surface area contributed by atoms with Crippen LogP contribution in [0.4, 0.5) is 0 Å². The molecule has 2 aliphatic heterocycles. The predicted octanol–water partition coefficient (Wildman–Crippen LogP) is 2.32. The summed E-state index contributed by atoms with van der Waals surface area (Å²) < 4.78 is 5.58. The first-order valence-electron chi connectivity index (χ1n) is 10.5. The summed E-state index contributed by atoms with van der Waals surface area (Å²) >= 11 is 0. The van der Waals surface area contributed by atoms with Crippen molar-refractivity contribution < 1.29 is 9.84 Å². The summed E-state index contributed by atoms with van der Waals surface area (Å²) in [6, 6.07) is 0. The van der Waals surface area contributed by atoms with E-state index in [2.05, 4.69) is 36.3 Å². The van der Waals surface area contributed by atoms with Crippen LogP contribution in [0.5, 0.6) is 0 Å². The van der Waals surface area contributed by atoms with E-state index in [9.17, 15) is 5.11 Å². The molecule has 0 amide bonds. The summed E-state index contributed by atoms with van der Waals surface area (Å²) in [6.07, 6.45) is 4.35. The first-order valence-corrected chi connectivity index (χ1v) is 10.5. The van der Waals surface area contributed by atoms with Crippen molar-refractivity contribution in [1.29, 1.82) is 0 Å². The van der Waals surface area contributed by atoms with E-state index in [1.165, 1.54) is 32.5 Å². The number of likely N-dealkylation sites (tertiary alicyclic amines) is 1. The van der Waals surface area contributed by atoms with Crippen molar-refractivity contribution in [2.24, 2.45) is 22.2 Å². The molecule has 2 unspecified atom stereocenters. The second-order valence-corrected chi connectivity index (χ2v) is 8.51. The molecule has 2 heterocycles. The molecule has 0 saturated carbocycles. The third-order valence-corrected chi connectivity index (χ3v) is 5.53. The Kier molecular flexibility index (Phi) is 12.2. The molecule has 2 aliphatic rings. The van der Waals surface area contributed by atoms with Crippen molar-refractivity contribution in [3.63, 3.8) is 0 Å². The van der Waals surface area contributed by atoms with Gasteiger partial charge in [-0.2, -0.15) is 0 Å². The molecule has 0 aromatic heterocycles. The third kappa shape index (κ3) is 8.83. The van der Waals surface area contributed by atoms with Crippen LogP contribution in [-0.4, -0.2) is 75.1 Å². The van der Waals surface area contributed by atoms with Crippen LogP contribution in [0, 0.1) is 17.3 Å². The minimum atomic E-state index is 0. The Morgan fingerprint density at radius 1 is 1.37 bits per heavy atom. The Morgan fingerprint density at radius 3 is 2.81 bits per heavy atom. The normalized spacial score (nSPS) is 26.9. The second kappa shape index (κ2) is 13.2. The lowest BCUT2D eigenvalue weighted by atomic mass is 9.84. The van der Waals surface area contributed by atoms with Gasteiger partial charge in [-0.1, -0.05) is 13.8 Å². The Morgan fingerprint density at radius 2 is 2.19 bits per heavy atom. The highest BCUT2D eigenvalue weighted by molar-refractivity contribution is 14.0. The Labute approximate surface area is 182 Å². The van der Waals surface area contributed by atoms with Gasteiger partial charge in [-0.3, -0.25) is 4.99 Å². The monoisotopic (exact) mass is 496 g/mol. The number of aliphatic imine (C=N–C) groups is 1. The number of hydrogen-bond donors (Lipinski definition) is 3. The molecule has 0 spiro atoms. The van der Waals surface area contributed by atoms with Crippen molar-refractivity contribution in [2.45, 2.75) is 46.5 Å². The summed E-state index contributed by atoms with van der Waals surface area (Å²) in [7, 11) is 0. The maximum absolute atomic E-state index is 9.38. The maximum Gasteiger partial charge on any atom is 0.191 e. The van der Waals surface area contributed by atoms with Gasteiger partial charge < -0.3 is 25.4 Å². The van der Waals surface area contributed by atoms with Gasteiger partial charge in [0, 0.05) is 44.8 Å². The number of rotatable bonds is 9. The molecule has 3 N–H and O–H groups in total. The molecule has 0 aromatic rings. The highest BCUT2D eigenvalue weighted by atomic mass is 127. The van der Waals surface area contributed by atoms with Crippen molar-refractivity contribution in [1.82, 2.24) is 15.5 Å². The molecule has 7 heteroatoms. The number of nitrogens with one attached hydrogen (secondary N) is 2. The average Bonchev–Trinajstić information content (AvgIpc) is 3.06. The van der Waals surface area contributed by atoms with Crippen LogP contribution < -0.4 is 10.6 Å². The number of aliphatic hydroxyl groups excluding tert-OH is 1. The van der Waals surface area contributed by atoms with E-state index < -0.39 is 0 Å². The molecular weight excluding hydrogens is 455 g/mol. The molecule has 0 radical (unpaired) electrons. The van der Waals surface area contributed by atoms with Crippen molar-refractivity contribution in [2.75, 3.05) is 59.1 Å². The molecule has 2 atom stereocenters. The Balaban J connectivity index is 0.00000364. The number of nitrogens with zero attached hydrogens (tertiary/aromatic N) is 2. The number of guanidine groups is 1. The Bertz CT molecular complexity index is 428. The summed E-state index contributed by atoms with van der Waals surface area (Å²) in [5, 5.41) is 16.3. The maximum atomic E-state index is 9.38. The SMILES string of the molecule is CCNC(=NCC1(CCO)CCOC1)NCC1CCCN(CC(C)C)C1.I. The topological polar surface area (TPSA) is 69.1 Å². The van der Waals surface area contributed by atoms with E-state index in [-0.39, 0.29) is 36.0 Å². The second-order valence-electron chi connectivity index (χ2n) is 8.51. The number of hydrogen-bond acceptors (Lipinski definition) is 4. The van der Waals surface area contributed by atoms with E-state index in [0.29, 0.717) is 19.1 Å². The van der Waals surface area contributed by atoms with Gasteiger partial charge in [0.05, 0.1) is 13.2 Å². The first kappa shape index (κ1) is 24.9. The van der Waals surface area contributed by atoms with Crippen molar-refractivity contribution in [3.8, 4) is 0 Å². The van der Waals surface area contributed by atoms with Crippen LogP contribution in [-0.2, 0) is 4.74 Å². The minimum absolute atomic E-state index is 0. The van der Waals surface area contributed by atoms with Gasteiger partial charge in [-0.15, -0.1) is 24.0 Å². The fraction of sp³-hybridized carbons (Fsp3) is 0.950. The minimum Gasteiger partial charge on any atom is -0.396 e. The molecule has 160 valence electrons. The summed E-state index contributed by atoms with van der Waals surface area (Å²) in [5.74, 6) is 2.32. The molecule has 2 saturated heterocycles. The van der Waals surface area contributed by atoms with E-state index in [1.807, 2.05) is 0 Å². The first-order chi connectivity index (χ1) is 12.6. The number of piperidine rings is 1. The highest BCUT2D eigenvalue weighted by Crippen LogP contribution is 2.32. The van der Waals surface area contributed by atoms with Crippen molar-refractivity contribution in [3.05, 3.63) is 0 Å². The third-order valence-electron chi connectivity index (χ3n) is 5.53. The zero-order valence-corrected chi connectivity index (χ0v) is 19.8. The summed E-state index contributed by atoms with van der Waals surface area (Å²) in [4.78, 5) is 7.44. The van der Waals surface area contributed by atoms with Gasteiger partial charge in [0.1, 0.15) is 0 Å². The lowest BCUT2D eigenvalue weighted by Crippen LogP contribution is -2.45. The van der Waals surface area contributed by atoms with Gasteiger partial charge in [0.25, 0.3) is 0 Å². The van der Waals surface area contributed by atoms with Crippen LogP contribution in [0.2, 0.25) is 0 Å². The number of halogens is 1. The molecule has 0 aromatic carbocycles. The Hall–Kier alpha value is -0.120. The van der Waals surface area contributed by atoms with Crippen LogP contribution in [0.25, 0.3) is 0 Å². The van der Waals surface area contributed by atoms with Gasteiger partial charge in [0.2, 0.25) is 0 Å². The number of aliphatic hydroxyl groups is 1. The largest absolute Gasteiger partial charge is 0.396 e. The quantitative estimate of drug-likeness (QED) is 0.260. The van der Waals surface area contributed by atoms with E-state index in [0.717, 1.165) is 44.4 Å². The average molecular weight is 496 g/mol. The fourth-order valence-electron chi connectivity index (χ4n) is 4.12. The van der Waals surface area contributed by atoms with Crippen LogP contribution in [0.3, 0.4) is 0 Å². The van der Waals surface area contributed by atoms with Crippen LogP contribution >= 0.6 is 24.0 Å². The number of ether oxygens (including phenoxy) is 1. The zero-order valence-electron chi connectivity index (χ0n) is 17.5. The predicted molar refractivity (Wildman–Crippen MR) is 123 cm³/mol. The fourth-order valence-corrected chi connectivity index (χ4v) is 4.12. The lowest BCUT2D eigenvalue weighted by molar-refractivity contribution is 0.131. The van der Waals surface area contributed by atoms with E-state index in [1.54, 1.807) is 0 Å². The molecule has 27 heavy (non-hydrogen) atoms. The molecular formula is C20H41IN4O2. The lowest BCUT2D eigenvalue weighted by Gasteiger charge is -2.34. The molecule has 0 aliphatic carbocycles. The molecule has 0 bridgehead atoms. The summed E-state index contributed by atoms with van der Waals surface area (Å²) in [6.45, 7) is 14.6. The molecule has 2 rings (SSSR count).